The minimum Gasteiger partial charge on any atom is -0.493 e. The summed E-state index contributed by atoms with van der Waals surface area (Å²) < 4.78 is 19.3. The second kappa shape index (κ2) is 11.4. The highest BCUT2D eigenvalue weighted by molar-refractivity contribution is 6.06. The van der Waals surface area contributed by atoms with Crippen LogP contribution in [0.5, 0.6) is 11.5 Å². The van der Waals surface area contributed by atoms with Gasteiger partial charge in [-0.15, -0.1) is 0 Å². The molecule has 224 valence electrons. The van der Waals surface area contributed by atoms with Gasteiger partial charge < -0.3 is 18.8 Å². The minimum atomic E-state index is -0.300. The molecule has 0 bridgehead atoms. The number of aryl methyl sites for hydroxylation is 1. The lowest BCUT2D eigenvalue weighted by Crippen LogP contribution is -2.50. The molecular weight excluding hydrogens is 528 g/mol. The van der Waals surface area contributed by atoms with E-state index in [9.17, 15) is 9.59 Å². The molecule has 3 unspecified atom stereocenters. The number of hydrogen-bond donors (Lipinski definition) is 0. The Hall–Kier alpha value is -3.35. The SMILES string of the molecule is COc1cc(/C=C2/CC3C4CC=C5C[C@@H](OC(C)=O)CC[C@]5(C)C4CC[C@]3(C)C2=O)ccc1OCCCn1ccnc1. The standard InChI is InChI=1S/C35H44N2O5/c1-23(38)42-27-10-12-34(2)26(21-27)7-8-28-29(34)11-13-35(3)30(28)20-25(33(35)39)18-24-6-9-31(32(19-24)40-4)41-17-5-15-37-16-14-36-22-37/h6-7,9,14,16,18-19,22,27-30H,5,8,10-13,15,17,20-21H2,1-4H3/b25-18-/t27-,28?,29?,30?,34-,35-/m0/s1. The summed E-state index contributed by atoms with van der Waals surface area (Å²) in [6, 6.07) is 5.96. The predicted molar refractivity (Wildman–Crippen MR) is 161 cm³/mol. The van der Waals surface area contributed by atoms with Gasteiger partial charge in [-0.3, -0.25) is 9.59 Å². The van der Waals surface area contributed by atoms with E-state index in [0.29, 0.717) is 41.6 Å². The Bertz CT molecular complexity index is 1390. The van der Waals surface area contributed by atoms with E-state index in [1.54, 1.807) is 13.3 Å². The molecule has 1 aromatic heterocycles. The average molecular weight is 573 g/mol. The third-order valence-electron chi connectivity index (χ3n) is 10.9. The van der Waals surface area contributed by atoms with Crippen LogP contribution in [-0.4, -0.2) is 41.1 Å². The molecule has 7 nitrogen and oxygen atoms in total. The van der Waals surface area contributed by atoms with Crippen molar-refractivity contribution in [2.24, 2.45) is 28.6 Å². The van der Waals surface area contributed by atoms with Crippen molar-refractivity contribution in [3.05, 3.63) is 59.7 Å². The molecule has 0 radical (unpaired) electrons. The number of carbonyl (C=O) groups is 2. The van der Waals surface area contributed by atoms with Crippen molar-refractivity contribution >= 4 is 17.8 Å². The number of fused-ring (bicyclic) bond motifs is 5. The number of benzene rings is 1. The van der Waals surface area contributed by atoms with E-state index in [0.717, 1.165) is 69.0 Å². The van der Waals surface area contributed by atoms with Crippen LogP contribution in [0, 0.1) is 28.6 Å². The molecule has 3 fully saturated rings. The minimum absolute atomic E-state index is 0.00550. The zero-order valence-electron chi connectivity index (χ0n) is 25.4. The average Bonchev–Trinajstić information content (AvgIpc) is 3.58. The molecule has 6 atom stereocenters. The van der Waals surface area contributed by atoms with E-state index in [-0.39, 0.29) is 22.9 Å². The van der Waals surface area contributed by atoms with Crippen LogP contribution in [-0.2, 0) is 20.9 Å². The monoisotopic (exact) mass is 572 g/mol. The van der Waals surface area contributed by atoms with Gasteiger partial charge in [0.25, 0.3) is 0 Å². The highest BCUT2D eigenvalue weighted by Gasteiger charge is 2.60. The lowest BCUT2D eigenvalue weighted by atomic mass is 9.48. The van der Waals surface area contributed by atoms with Crippen LogP contribution < -0.4 is 9.47 Å². The molecule has 1 heterocycles. The van der Waals surface area contributed by atoms with Gasteiger partial charge in [0.2, 0.25) is 0 Å². The Morgan fingerprint density at radius 2 is 1.95 bits per heavy atom. The van der Waals surface area contributed by atoms with Crippen molar-refractivity contribution in [3.8, 4) is 11.5 Å². The highest BCUT2D eigenvalue weighted by Crippen LogP contribution is 2.65. The summed E-state index contributed by atoms with van der Waals surface area (Å²) in [4.78, 5) is 29.6. The first-order chi connectivity index (χ1) is 20.2. The molecule has 0 amide bonds. The van der Waals surface area contributed by atoms with Gasteiger partial charge in [-0.2, -0.15) is 0 Å². The second-order valence-electron chi connectivity index (χ2n) is 13.3. The molecule has 42 heavy (non-hydrogen) atoms. The van der Waals surface area contributed by atoms with Gasteiger partial charge in [-0.25, -0.2) is 4.98 Å². The van der Waals surface area contributed by atoms with E-state index in [1.165, 1.54) is 12.5 Å². The molecule has 3 saturated carbocycles. The molecule has 0 N–H and O–H groups in total. The number of Topliss-reactive ketones (excluding diaryl/α,β-unsaturated/α-hetero) is 1. The number of esters is 1. The van der Waals surface area contributed by atoms with Crippen LogP contribution in [0.3, 0.4) is 0 Å². The molecule has 0 aliphatic heterocycles. The van der Waals surface area contributed by atoms with Gasteiger partial charge in [-0.1, -0.05) is 31.6 Å². The molecular formula is C35H44N2O5. The zero-order chi connectivity index (χ0) is 29.5. The highest BCUT2D eigenvalue weighted by atomic mass is 16.5. The number of ketones is 1. The summed E-state index contributed by atoms with van der Waals surface area (Å²) in [6.07, 6.45) is 17.7. The number of carbonyl (C=O) groups excluding carboxylic acids is 2. The van der Waals surface area contributed by atoms with Gasteiger partial charge in [0.15, 0.2) is 17.3 Å². The number of hydrogen-bond acceptors (Lipinski definition) is 6. The molecule has 6 rings (SSSR count). The van der Waals surface area contributed by atoms with Crippen LogP contribution >= 0.6 is 0 Å². The second-order valence-corrected chi connectivity index (χ2v) is 13.3. The predicted octanol–water partition coefficient (Wildman–Crippen LogP) is 6.82. The van der Waals surface area contributed by atoms with Crippen molar-refractivity contribution in [2.75, 3.05) is 13.7 Å². The van der Waals surface area contributed by atoms with Gasteiger partial charge in [-0.05, 0) is 97.5 Å². The number of nitrogens with zero attached hydrogens (tertiary/aromatic N) is 2. The van der Waals surface area contributed by atoms with Gasteiger partial charge in [0.05, 0.1) is 20.0 Å². The molecule has 4 aliphatic rings. The topological polar surface area (TPSA) is 79.6 Å². The number of allylic oxidation sites excluding steroid dienone is 2. The van der Waals surface area contributed by atoms with E-state index in [2.05, 4.69) is 31.0 Å². The van der Waals surface area contributed by atoms with Crippen LogP contribution in [0.2, 0.25) is 0 Å². The van der Waals surface area contributed by atoms with Crippen molar-refractivity contribution in [2.45, 2.75) is 84.8 Å². The van der Waals surface area contributed by atoms with Crippen LogP contribution in [0.1, 0.15) is 77.7 Å². The van der Waals surface area contributed by atoms with Crippen LogP contribution in [0.15, 0.2) is 54.1 Å². The van der Waals surface area contributed by atoms with Crippen molar-refractivity contribution in [1.82, 2.24) is 9.55 Å². The normalized spacial score (nSPS) is 32.9. The van der Waals surface area contributed by atoms with Gasteiger partial charge in [0.1, 0.15) is 6.10 Å². The first-order valence-corrected chi connectivity index (χ1v) is 15.6. The zero-order valence-corrected chi connectivity index (χ0v) is 25.4. The summed E-state index contributed by atoms with van der Waals surface area (Å²) in [5, 5.41) is 0. The summed E-state index contributed by atoms with van der Waals surface area (Å²) in [5.41, 5.74) is 3.23. The largest absolute Gasteiger partial charge is 0.493 e. The van der Waals surface area contributed by atoms with Crippen LogP contribution in [0.4, 0.5) is 0 Å². The molecule has 0 spiro atoms. The van der Waals surface area contributed by atoms with Gasteiger partial charge >= 0.3 is 5.97 Å². The maximum Gasteiger partial charge on any atom is 0.302 e. The lowest BCUT2D eigenvalue weighted by molar-refractivity contribution is -0.148. The molecule has 0 saturated heterocycles. The third-order valence-corrected chi connectivity index (χ3v) is 10.9. The van der Waals surface area contributed by atoms with Gasteiger partial charge in [0, 0.05) is 37.7 Å². The quantitative estimate of drug-likeness (QED) is 0.150. The number of ether oxygens (including phenoxy) is 3. The number of rotatable bonds is 8. The Morgan fingerprint density at radius 3 is 2.71 bits per heavy atom. The van der Waals surface area contributed by atoms with Crippen molar-refractivity contribution in [3.63, 3.8) is 0 Å². The van der Waals surface area contributed by atoms with Crippen molar-refractivity contribution in [1.29, 1.82) is 0 Å². The van der Waals surface area contributed by atoms with Crippen LogP contribution in [0.25, 0.3) is 6.08 Å². The molecule has 7 heteroatoms. The number of aromatic nitrogens is 2. The fourth-order valence-corrected chi connectivity index (χ4v) is 8.70. The Balaban J connectivity index is 1.16. The lowest BCUT2D eigenvalue weighted by Gasteiger charge is -2.56. The third kappa shape index (κ3) is 5.20. The molecule has 2 aromatic rings. The van der Waals surface area contributed by atoms with Crippen molar-refractivity contribution < 1.29 is 23.8 Å². The van der Waals surface area contributed by atoms with E-state index in [4.69, 9.17) is 14.2 Å². The van der Waals surface area contributed by atoms with E-state index in [1.807, 2.05) is 35.3 Å². The maximum absolute atomic E-state index is 13.9. The molecule has 4 aliphatic carbocycles. The Kier molecular flexibility index (Phi) is 7.79. The summed E-state index contributed by atoms with van der Waals surface area (Å²) >= 11 is 0. The Morgan fingerprint density at radius 1 is 1.12 bits per heavy atom. The first-order valence-electron chi connectivity index (χ1n) is 15.6. The number of imidazole rings is 1. The molecule has 1 aromatic carbocycles. The van der Waals surface area contributed by atoms with E-state index < -0.39 is 0 Å². The summed E-state index contributed by atoms with van der Waals surface area (Å²) in [6.45, 7) is 7.59. The fraction of sp³-hybridized carbons (Fsp3) is 0.571. The first kappa shape index (κ1) is 28.8. The summed E-state index contributed by atoms with van der Waals surface area (Å²) in [7, 11) is 1.66. The number of methoxy groups -OCH3 is 1. The Labute approximate surface area is 249 Å². The smallest absolute Gasteiger partial charge is 0.302 e. The fourth-order valence-electron chi connectivity index (χ4n) is 8.70. The van der Waals surface area contributed by atoms with E-state index >= 15 is 0 Å². The summed E-state index contributed by atoms with van der Waals surface area (Å²) in [5.74, 6) is 2.98. The maximum atomic E-state index is 13.9.